The Hall–Kier alpha value is -2.83. The lowest BCUT2D eigenvalue weighted by molar-refractivity contribution is -0.0395. The highest BCUT2D eigenvalue weighted by atomic mass is 35.5. The number of rotatable bonds is 5. The van der Waals surface area contributed by atoms with E-state index in [1.807, 2.05) is 66.6 Å². The smallest absolute Gasteiger partial charge is 0.254 e. The van der Waals surface area contributed by atoms with E-state index in [1.165, 1.54) is 0 Å². The van der Waals surface area contributed by atoms with Gasteiger partial charge in [0, 0.05) is 49.0 Å². The number of ether oxygens (including phenoxy) is 2. The summed E-state index contributed by atoms with van der Waals surface area (Å²) in [7, 11) is 0. The maximum atomic E-state index is 13.4. The molecule has 2 fully saturated rings. The molecular weight excluding hydrogens is 438 g/mol. The Balaban J connectivity index is 1.21. The minimum Gasteiger partial charge on any atom is -0.488 e. The van der Waals surface area contributed by atoms with E-state index in [-0.39, 0.29) is 17.6 Å². The van der Waals surface area contributed by atoms with Crippen LogP contribution in [0.3, 0.4) is 0 Å². The second-order valence-electron chi connectivity index (χ2n) is 8.94. The van der Waals surface area contributed by atoms with Crippen LogP contribution in [-0.4, -0.2) is 51.8 Å². The molecule has 2 aliphatic heterocycles. The van der Waals surface area contributed by atoms with Gasteiger partial charge in [-0.1, -0.05) is 29.8 Å². The lowest BCUT2D eigenvalue weighted by Crippen LogP contribution is -2.46. The molecule has 3 aromatic rings. The Morgan fingerprint density at radius 2 is 1.94 bits per heavy atom. The Kier molecular flexibility index (Phi) is 6.13. The highest BCUT2D eigenvalue weighted by Crippen LogP contribution is 2.38. The zero-order valence-electron chi connectivity index (χ0n) is 18.7. The monoisotopic (exact) mass is 465 g/mol. The molecule has 1 amide bonds. The average Bonchev–Trinajstić information content (AvgIpc) is 3.41. The van der Waals surface area contributed by atoms with E-state index < -0.39 is 0 Å². The Morgan fingerprint density at radius 3 is 2.67 bits per heavy atom. The Labute approximate surface area is 199 Å². The number of aryl methyl sites for hydroxylation is 1. The minimum atomic E-state index is -0.207. The zero-order valence-corrected chi connectivity index (χ0v) is 19.5. The van der Waals surface area contributed by atoms with Crippen LogP contribution in [0.15, 0.2) is 60.9 Å². The molecule has 0 aliphatic carbocycles. The van der Waals surface area contributed by atoms with Crippen LogP contribution in [0.2, 0.25) is 5.02 Å². The summed E-state index contributed by atoms with van der Waals surface area (Å²) < 4.78 is 14.4. The van der Waals surface area contributed by atoms with Gasteiger partial charge in [-0.3, -0.25) is 4.79 Å². The van der Waals surface area contributed by atoms with Gasteiger partial charge in [-0.15, -0.1) is 0 Å². The number of likely N-dealkylation sites (tertiary alicyclic amines) is 1. The van der Waals surface area contributed by atoms with Crippen LogP contribution in [0.4, 0.5) is 0 Å². The summed E-state index contributed by atoms with van der Waals surface area (Å²) in [4.78, 5) is 19.6. The predicted octanol–water partition coefficient (Wildman–Crippen LogP) is 4.74. The van der Waals surface area contributed by atoms with Gasteiger partial charge in [-0.25, -0.2) is 4.98 Å². The molecule has 172 valence electrons. The van der Waals surface area contributed by atoms with E-state index in [0.29, 0.717) is 31.3 Å². The van der Waals surface area contributed by atoms with Gasteiger partial charge in [0.2, 0.25) is 0 Å². The Morgan fingerprint density at radius 1 is 1.18 bits per heavy atom. The number of benzene rings is 2. The lowest BCUT2D eigenvalue weighted by atomic mass is 9.87. The molecule has 1 spiro atoms. The van der Waals surface area contributed by atoms with E-state index in [9.17, 15) is 4.79 Å². The average molecular weight is 466 g/mol. The first-order valence-corrected chi connectivity index (χ1v) is 11.8. The third kappa shape index (κ3) is 4.77. The predicted molar refractivity (Wildman–Crippen MR) is 127 cm³/mol. The van der Waals surface area contributed by atoms with Crippen LogP contribution in [0.25, 0.3) is 0 Å². The maximum Gasteiger partial charge on any atom is 0.254 e. The molecule has 1 atom stereocenters. The molecule has 7 heteroatoms. The molecule has 2 saturated heterocycles. The molecule has 33 heavy (non-hydrogen) atoms. The quantitative estimate of drug-likeness (QED) is 0.546. The van der Waals surface area contributed by atoms with E-state index >= 15 is 0 Å². The molecular formula is C26H28ClN3O3. The van der Waals surface area contributed by atoms with Gasteiger partial charge in [0.15, 0.2) is 0 Å². The van der Waals surface area contributed by atoms with Crippen molar-refractivity contribution in [3.63, 3.8) is 0 Å². The molecule has 6 nitrogen and oxygen atoms in total. The number of nitrogens with zero attached hydrogens (tertiary/aromatic N) is 3. The number of carbonyl (C=O) groups is 1. The second kappa shape index (κ2) is 9.20. The molecule has 2 aromatic carbocycles. The van der Waals surface area contributed by atoms with Crippen molar-refractivity contribution in [3.05, 3.63) is 82.9 Å². The van der Waals surface area contributed by atoms with Gasteiger partial charge in [0.25, 0.3) is 5.91 Å². The number of hydrogen-bond donors (Lipinski definition) is 0. The van der Waals surface area contributed by atoms with Crippen molar-refractivity contribution in [2.24, 2.45) is 0 Å². The topological polar surface area (TPSA) is 56.6 Å². The standard InChI is InChI=1S/C26H28ClN3O3/c1-19-28-12-15-30(19)17-20-4-2-3-5-24(20)25(31)29-13-10-26(11-14-29)16-23(18-32-26)33-22-8-6-21(27)7-9-22/h2-9,12,15,23H,10-11,13-14,16-18H2,1H3. The van der Waals surface area contributed by atoms with Crippen molar-refractivity contribution in [3.8, 4) is 5.75 Å². The number of carbonyl (C=O) groups excluding carboxylic acids is 1. The minimum absolute atomic E-state index is 0.0209. The van der Waals surface area contributed by atoms with Gasteiger partial charge < -0.3 is 18.9 Å². The number of aromatic nitrogens is 2. The maximum absolute atomic E-state index is 13.4. The fourth-order valence-corrected chi connectivity index (χ4v) is 4.97. The number of hydrogen-bond acceptors (Lipinski definition) is 4. The van der Waals surface area contributed by atoms with Crippen LogP contribution < -0.4 is 4.74 Å². The summed E-state index contributed by atoms with van der Waals surface area (Å²) in [5, 5.41) is 0.695. The first-order chi connectivity index (χ1) is 16.0. The highest BCUT2D eigenvalue weighted by Gasteiger charge is 2.44. The van der Waals surface area contributed by atoms with E-state index in [1.54, 1.807) is 6.20 Å². The SMILES string of the molecule is Cc1nccn1Cc1ccccc1C(=O)N1CCC2(CC1)CC(Oc1ccc(Cl)cc1)CO2. The van der Waals surface area contributed by atoms with Gasteiger partial charge in [0.1, 0.15) is 17.7 Å². The van der Waals surface area contributed by atoms with Crippen LogP contribution in [0.1, 0.15) is 41.0 Å². The molecule has 1 aromatic heterocycles. The van der Waals surface area contributed by atoms with Gasteiger partial charge >= 0.3 is 0 Å². The highest BCUT2D eigenvalue weighted by molar-refractivity contribution is 6.30. The molecule has 3 heterocycles. The Bertz CT molecular complexity index is 1120. The van der Waals surface area contributed by atoms with Crippen molar-refractivity contribution >= 4 is 17.5 Å². The zero-order chi connectivity index (χ0) is 22.8. The summed E-state index contributed by atoms with van der Waals surface area (Å²) in [5.74, 6) is 1.83. The first kappa shape index (κ1) is 22.0. The van der Waals surface area contributed by atoms with E-state index in [2.05, 4.69) is 9.55 Å². The number of halogens is 1. The summed E-state index contributed by atoms with van der Waals surface area (Å²) in [5.41, 5.74) is 1.57. The molecule has 0 radical (unpaired) electrons. The van der Waals surface area contributed by atoms with Crippen LogP contribution in [-0.2, 0) is 11.3 Å². The second-order valence-corrected chi connectivity index (χ2v) is 9.38. The van der Waals surface area contributed by atoms with Crippen molar-refractivity contribution in [1.29, 1.82) is 0 Å². The van der Waals surface area contributed by atoms with Crippen LogP contribution in [0, 0.1) is 6.92 Å². The van der Waals surface area contributed by atoms with Crippen LogP contribution in [0.5, 0.6) is 5.75 Å². The van der Waals surface area contributed by atoms with Crippen molar-refractivity contribution in [2.75, 3.05) is 19.7 Å². The third-order valence-electron chi connectivity index (χ3n) is 6.77. The third-order valence-corrected chi connectivity index (χ3v) is 7.02. The van der Waals surface area contributed by atoms with E-state index in [4.69, 9.17) is 21.1 Å². The molecule has 0 bridgehead atoms. The molecule has 2 aliphatic rings. The molecule has 5 rings (SSSR count). The molecule has 0 N–H and O–H groups in total. The summed E-state index contributed by atoms with van der Waals surface area (Å²) in [6.45, 7) is 4.55. The fourth-order valence-electron chi connectivity index (χ4n) is 4.84. The number of amides is 1. The van der Waals surface area contributed by atoms with Gasteiger partial charge in [-0.05, 0) is 55.7 Å². The fraction of sp³-hybridized carbons (Fsp3) is 0.385. The number of piperidine rings is 1. The summed E-state index contributed by atoms with van der Waals surface area (Å²) >= 11 is 5.96. The van der Waals surface area contributed by atoms with Gasteiger partial charge in [0.05, 0.1) is 12.2 Å². The summed E-state index contributed by atoms with van der Waals surface area (Å²) in [6, 6.07) is 15.3. The van der Waals surface area contributed by atoms with Crippen molar-refractivity contribution in [1.82, 2.24) is 14.5 Å². The van der Waals surface area contributed by atoms with E-state index in [0.717, 1.165) is 42.0 Å². The van der Waals surface area contributed by atoms with Crippen molar-refractivity contribution in [2.45, 2.75) is 44.4 Å². The normalized spacial score (nSPS) is 19.7. The van der Waals surface area contributed by atoms with Crippen molar-refractivity contribution < 1.29 is 14.3 Å². The first-order valence-electron chi connectivity index (χ1n) is 11.4. The molecule has 1 unspecified atom stereocenters. The lowest BCUT2D eigenvalue weighted by Gasteiger charge is -2.38. The summed E-state index contributed by atoms with van der Waals surface area (Å²) in [6.07, 6.45) is 6.24. The largest absolute Gasteiger partial charge is 0.488 e. The van der Waals surface area contributed by atoms with Gasteiger partial charge in [-0.2, -0.15) is 0 Å². The number of imidazole rings is 1. The van der Waals surface area contributed by atoms with Crippen LogP contribution >= 0.6 is 11.6 Å². The molecule has 0 saturated carbocycles.